The van der Waals surface area contributed by atoms with E-state index in [1.54, 1.807) is 6.20 Å². The van der Waals surface area contributed by atoms with Gasteiger partial charge in [-0.25, -0.2) is 4.98 Å². The van der Waals surface area contributed by atoms with Crippen LogP contribution >= 0.6 is 0 Å². The molecule has 2 aromatic rings. The fourth-order valence-electron chi connectivity index (χ4n) is 1.58. The van der Waals surface area contributed by atoms with Gasteiger partial charge < -0.3 is 4.98 Å². The topological polar surface area (TPSA) is 52.5 Å². The highest BCUT2D eigenvalue weighted by Crippen LogP contribution is 2.20. The second kappa shape index (κ2) is 4.19. The lowest BCUT2D eigenvalue weighted by Crippen LogP contribution is -1.85. The smallest absolute Gasteiger partial charge is 0.120 e. The van der Waals surface area contributed by atoms with E-state index in [1.807, 2.05) is 0 Å². The quantitative estimate of drug-likeness (QED) is 0.830. The van der Waals surface area contributed by atoms with Gasteiger partial charge in [0.1, 0.15) is 5.82 Å². The van der Waals surface area contributed by atoms with E-state index < -0.39 is 0 Å². The molecule has 3 nitrogen and oxygen atoms in total. The van der Waals surface area contributed by atoms with E-state index in [-0.39, 0.29) is 0 Å². The molecule has 0 spiro atoms. The van der Waals surface area contributed by atoms with Gasteiger partial charge in [-0.3, -0.25) is 0 Å². The van der Waals surface area contributed by atoms with E-state index in [9.17, 15) is 0 Å². The summed E-state index contributed by atoms with van der Waals surface area (Å²) in [5.74, 6) is 0.718. The van der Waals surface area contributed by atoms with Crippen molar-refractivity contribution in [2.45, 2.75) is 20.3 Å². The zero-order valence-corrected chi connectivity index (χ0v) is 9.41. The summed E-state index contributed by atoms with van der Waals surface area (Å²) in [5.41, 5.74) is 4.61. The van der Waals surface area contributed by atoms with Crippen LogP contribution in [0.1, 0.15) is 17.0 Å². The summed E-state index contributed by atoms with van der Waals surface area (Å²) in [4.78, 5) is 7.30. The number of nitriles is 1. The molecular weight excluding hydrogens is 198 g/mol. The highest BCUT2D eigenvalue weighted by Gasteiger charge is 2.03. The van der Waals surface area contributed by atoms with Crippen LogP contribution < -0.4 is 0 Å². The van der Waals surface area contributed by atoms with Gasteiger partial charge in [-0.1, -0.05) is 12.1 Å². The lowest BCUT2D eigenvalue weighted by atomic mass is 10.1. The molecule has 0 saturated carbocycles. The van der Waals surface area contributed by atoms with Crippen molar-refractivity contribution >= 4 is 0 Å². The van der Waals surface area contributed by atoms with Gasteiger partial charge in [0.25, 0.3) is 0 Å². The lowest BCUT2D eigenvalue weighted by molar-refractivity contribution is 1.06. The van der Waals surface area contributed by atoms with Crippen LogP contribution in [-0.4, -0.2) is 9.97 Å². The predicted octanol–water partition coefficient (Wildman–Crippen LogP) is 2.76. The first-order chi connectivity index (χ1) is 7.70. The van der Waals surface area contributed by atoms with Crippen LogP contribution in [-0.2, 0) is 6.42 Å². The third-order valence-electron chi connectivity index (χ3n) is 2.69. The number of rotatable bonds is 2. The Kier molecular flexibility index (Phi) is 2.74. The molecule has 0 aliphatic heterocycles. The second-order valence-electron chi connectivity index (χ2n) is 3.88. The Hall–Kier alpha value is -2.08. The summed E-state index contributed by atoms with van der Waals surface area (Å²) >= 11 is 0. The fourth-order valence-corrected chi connectivity index (χ4v) is 1.58. The Morgan fingerprint density at radius 2 is 2.12 bits per heavy atom. The molecule has 2 rings (SSSR count). The number of nitrogens with one attached hydrogen (secondary N) is 1. The summed E-state index contributed by atoms with van der Waals surface area (Å²) in [6.45, 7) is 4.18. The van der Waals surface area contributed by atoms with Crippen molar-refractivity contribution in [2.24, 2.45) is 0 Å². The maximum Gasteiger partial charge on any atom is 0.120 e. The van der Waals surface area contributed by atoms with E-state index in [2.05, 4.69) is 48.1 Å². The number of hydrogen-bond acceptors (Lipinski definition) is 2. The number of nitrogens with zero attached hydrogens (tertiary/aromatic N) is 2. The highest BCUT2D eigenvalue weighted by atomic mass is 14.9. The predicted molar refractivity (Wildman–Crippen MR) is 62.8 cm³/mol. The van der Waals surface area contributed by atoms with Gasteiger partial charge in [0.15, 0.2) is 0 Å². The molecule has 0 aliphatic rings. The maximum absolute atomic E-state index is 8.57. The molecule has 1 aromatic carbocycles. The van der Waals surface area contributed by atoms with Crippen LogP contribution in [0.4, 0.5) is 0 Å². The molecule has 0 saturated heterocycles. The zero-order chi connectivity index (χ0) is 11.5. The van der Waals surface area contributed by atoms with E-state index >= 15 is 0 Å². The minimum absolute atomic E-state index is 0.324. The first kappa shape index (κ1) is 10.4. The Morgan fingerprint density at radius 3 is 2.81 bits per heavy atom. The Bertz CT molecular complexity index is 547. The molecule has 0 aliphatic carbocycles. The summed E-state index contributed by atoms with van der Waals surface area (Å²) in [7, 11) is 0. The van der Waals surface area contributed by atoms with E-state index in [1.165, 1.54) is 11.1 Å². The number of aryl methyl sites for hydroxylation is 2. The normalized spacial score (nSPS) is 10.1. The molecule has 1 aromatic heterocycles. The van der Waals surface area contributed by atoms with E-state index in [0.29, 0.717) is 6.42 Å². The monoisotopic (exact) mass is 211 g/mol. The molecule has 0 unspecified atom stereocenters. The van der Waals surface area contributed by atoms with E-state index in [0.717, 1.165) is 17.1 Å². The van der Waals surface area contributed by atoms with E-state index in [4.69, 9.17) is 5.26 Å². The van der Waals surface area contributed by atoms with Gasteiger partial charge in [0.2, 0.25) is 0 Å². The van der Waals surface area contributed by atoms with Gasteiger partial charge in [-0.15, -0.1) is 0 Å². The van der Waals surface area contributed by atoms with Crippen LogP contribution in [0.15, 0.2) is 24.4 Å². The van der Waals surface area contributed by atoms with Crippen molar-refractivity contribution < 1.29 is 0 Å². The van der Waals surface area contributed by atoms with Crippen LogP contribution in [0.5, 0.6) is 0 Å². The second-order valence-corrected chi connectivity index (χ2v) is 3.88. The summed E-state index contributed by atoms with van der Waals surface area (Å²) in [6.07, 6.45) is 2.10. The molecule has 3 heteroatoms. The van der Waals surface area contributed by atoms with Crippen molar-refractivity contribution in [1.29, 1.82) is 5.26 Å². The van der Waals surface area contributed by atoms with Gasteiger partial charge in [-0.2, -0.15) is 5.26 Å². The number of aromatic nitrogens is 2. The molecule has 16 heavy (non-hydrogen) atoms. The molecule has 1 heterocycles. The maximum atomic E-state index is 8.57. The van der Waals surface area contributed by atoms with Crippen LogP contribution in [0.2, 0.25) is 0 Å². The molecule has 0 atom stereocenters. The number of benzene rings is 1. The molecule has 0 radical (unpaired) electrons. The fraction of sp³-hybridized carbons (Fsp3) is 0.231. The summed E-state index contributed by atoms with van der Waals surface area (Å²) in [5, 5.41) is 8.57. The van der Waals surface area contributed by atoms with Crippen molar-refractivity contribution in [3.05, 3.63) is 41.3 Å². The highest BCUT2D eigenvalue weighted by molar-refractivity contribution is 5.60. The first-order valence-electron chi connectivity index (χ1n) is 5.19. The van der Waals surface area contributed by atoms with Gasteiger partial charge >= 0.3 is 0 Å². The van der Waals surface area contributed by atoms with Gasteiger partial charge in [0, 0.05) is 0 Å². The van der Waals surface area contributed by atoms with Crippen molar-refractivity contribution in [3.8, 4) is 17.3 Å². The van der Waals surface area contributed by atoms with Gasteiger partial charge in [-0.05, 0) is 36.6 Å². The summed E-state index contributed by atoms with van der Waals surface area (Å²) < 4.78 is 0. The molecule has 0 amide bonds. The summed E-state index contributed by atoms with van der Waals surface area (Å²) in [6, 6.07) is 8.35. The Balaban J connectivity index is 2.36. The largest absolute Gasteiger partial charge is 0.341 e. The standard InChI is InChI=1S/C13H13N3/c1-9-3-4-11(7-10(9)2)12-8-15-13(16-12)5-6-14/h3-4,7-8H,5H2,1-2H3,(H,15,16). The van der Waals surface area contributed by atoms with Crippen molar-refractivity contribution in [2.75, 3.05) is 0 Å². The minimum atomic E-state index is 0.324. The molecule has 1 N–H and O–H groups in total. The van der Waals surface area contributed by atoms with Crippen LogP contribution in [0.3, 0.4) is 0 Å². The van der Waals surface area contributed by atoms with Gasteiger partial charge in [0.05, 0.1) is 24.4 Å². The average Bonchev–Trinajstić information content (AvgIpc) is 2.71. The third-order valence-corrected chi connectivity index (χ3v) is 2.69. The SMILES string of the molecule is Cc1ccc(-c2cnc(CC#N)[nH]2)cc1C. The average molecular weight is 211 g/mol. The number of aromatic amines is 1. The lowest BCUT2D eigenvalue weighted by Gasteiger charge is -2.02. The van der Waals surface area contributed by atoms with Crippen LogP contribution in [0.25, 0.3) is 11.3 Å². The Labute approximate surface area is 94.8 Å². The van der Waals surface area contributed by atoms with Crippen LogP contribution in [0, 0.1) is 25.2 Å². The van der Waals surface area contributed by atoms with Crippen molar-refractivity contribution in [1.82, 2.24) is 9.97 Å². The molecule has 0 bridgehead atoms. The van der Waals surface area contributed by atoms with Crippen molar-refractivity contribution in [3.63, 3.8) is 0 Å². The molecule has 0 fully saturated rings. The Morgan fingerprint density at radius 1 is 1.31 bits per heavy atom. The number of imidazole rings is 1. The molecule has 80 valence electrons. The zero-order valence-electron chi connectivity index (χ0n) is 9.41. The number of hydrogen-bond donors (Lipinski definition) is 1. The third kappa shape index (κ3) is 1.96. The minimum Gasteiger partial charge on any atom is -0.341 e. The number of H-pyrrole nitrogens is 1. The molecular formula is C13H13N3. The first-order valence-corrected chi connectivity index (χ1v) is 5.19.